The van der Waals surface area contributed by atoms with Crippen molar-refractivity contribution in [1.29, 1.82) is 0 Å². The number of anilines is 1. The van der Waals surface area contributed by atoms with Crippen molar-refractivity contribution in [3.8, 4) is 17.0 Å². The molecule has 0 unspecified atom stereocenters. The molecule has 7 nitrogen and oxygen atoms in total. The molecule has 0 radical (unpaired) electrons. The summed E-state index contributed by atoms with van der Waals surface area (Å²) >= 11 is 6.43. The first-order valence-electron chi connectivity index (χ1n) is 10.8. The van der Waals surface area contributed by atoms with E-state index in [-0.39, 0.29) is 29.4 Å². The molecule has 0 bridgehead atoms. The quantitative estimate of drug-likeness (QED) is 0.536. The topological polar surface area (TPSA) is 82.5 Å². The fraction of sp³-hybridized carbons (Fsp3) is 0.320. The molecule has 0 saturated carbocycles. The van der Waals surface area contributed by atoms with Gasteiger partial charge in [-0.05, 0) is 43.2 Å². The summed E-state index contributed by atoms with van der Waals surface area (Å²) in [5.74, 6) is 0.854. The molecule has 33 heavy (non-hydrogen) atoms. The van der Waals surface area contributed by atoms with Gasteiger partial charge in [-0.1, -0.05) is 35.9 Å². The number of nitrogens with zero attached hydrogens (tertiary/aromatic N) is 2. The Morgan fingerprint density at radius 2 is 2.03 bits per heavy atom. The number of nitrogens with one attached hydrogen (secondary N) is 1. The number of aryl methyl sites for hydroxylation is 1. The minimum absolute atomic E-state index is 0.256. The monoisotopic (exact) mass is 467 g/mol. The Labute approximate surface area is 197 Å². The van der Waals surface area contributed by atoms with Crippen molar-refractivity contribution in [3.05, 3.63) is 74.7 Å². The van der Waals surface area contributed by atoms with Crippen LogP contribution in [0.3, 0.4) is 0 Å². The number of carbonyl (C=O) groups excluding carboxylic acids is 1. The molecule has 3 aromatic rings. The smallest absolute Gasteiger partial charge is 0.302 e. The second-order valence-electron chi connectivity index (χ2n) is 7.96. The summed E-state index contributed by atoms with van der Waals surface area (Å²) in [6.07, 6.45) is 0.228. The van der Waals surface area contributed by atoms with Gasteiger partial charge in [0, 0.05) is 25.5 Å². The van der Waals surface area contributed by atoms with Crippen molar-refractivity contribution in [2.45, 2.75) is 45.9 Å². The van der Waals surface area contributed by atoms with Crippen molar-refractivity contribution < 1.29 is 14.3 Å². The molecule has 1 aromatic heterocycles. The lowest BCUT2D eigenvalue weighted by Gasteiger charge is -2.25. The number of hydrogen-bond acceptors (Lipinski definition) is 6. The molecular weight excluding hydrogens is 442 g/mol. The van der Waals surface area contributed by atoms with Crippen LogP contribution in [-0.2, 0) is 22.5 Å². The lowest BCUT2D eigenvalue weighted by molar-refractivity contribution is -0.146. The first-order valence-corrected chi connectivity index (χ1v) is 11.2. The molecule has 4 rings (SSSR count). The number of esters is 1. The molecule has 1 N–H and O–H groups in total. The van der Waals surface area contributed by atoms with Gasteiger partial charge in [-0.3, -0.25) is 14.2 Å². The van der Waals surface area contributed by atoms with Crippen molar-refractivity contribution >= 4 is 23.4 Å². The zero-order valence-corrected chi connectivity index (χ0v) is 19.8. The standard InChI is InChI=1S/C25H26ClN3O4/c1-5-29-24(28-22-18-9-7-6-8-16(18)12-21(22)33-15(3)30)14(2)27-23(25(29)31)19-11-10-17(32-4)13-20(19)26/h6-11,13,21-22,28H,5,12H2,1-4H3/t21-,22+/m0/s1. The van der Waals surface area contributed by atoms with Crippen LogP contribution in [0, 0.1) is 6.92 Å². The Morgan fingerprint density at radius 1 is 1.27 bits per heavy atom. The van der Waals surface area contributed by atoms with Crippen LogP contribution in [0.4, 0.5) is 5.82 Å². The third kappa shape index (κ3) is 4.33. The highest BCUT2D eigenvalue weighted by molar-refractivity contribution is 6.33. The molecule has 1 aliphatic carbocycles. The lowest BCUT2D eigenvalue weighted by Crippen LogP contribution is -2.32. The van der Waals surface area contributed by atoms with Crippen molar-refractivity contribution in [2.75, 3.05) is 12.4 Å². The molecule has 0 fully saturated rings. The van der Waals surface area contributed by atoms with E-state index in [1.807, 2.05) is 38.1 Å². The number of carbonyl (C=O) groups is 1. The van der Waals surface area contributed by atoms with Gasteiger partial charge in [-0.2, -0.15) is 0 Å². The van der Waals surface area contributed by atoms with E-state index in [2.05, 4.69) is 10.3 Å². The van der Waals surface area contributed by atoms with Gasteiger partial charge in [-0.15, -0.1) is 0 Å². The second-order valence-corrected chi connectivity index (χ2v) is 8.37. The van der Waals surface area contributed by atoms with Crippen LogP contribution < -0.4 is 15.6 Å². The average molecular weight is 468 g/mol. The summed E-state index contributed by atoms with van der Waals surface area (Å²) in [4.78, 5) is 29.8. The van der Waals surface area contributed by atoms with E-state index in [4.69, 9.17) is 21.1 Å². The first kappa shape index (κ1) is 22.9. The van der Waals surface area contributed by atoms with E-state index < -0.39 is 0 Å². The van der Waals surface area contributed by atoms with Gasteiger partial charge in [0.2, 0.25) is 0 Å². The van der Waals surface area contributed by atoms with Crippen LogP contribution in [0.15, 0.2) is 47.3 Å². The van der Waals surface area contributed by atoms with E-state index in [9.17, 15) is 9.59 Å². The highest BCUT2D eigenvalue weighted by atomic mass is 35.5. The second kappa shape index (κ2) is 9.27. The SMILES string of the molecule is CCn1c(N[C@@H]2c3ccccc3C[C@@H]2OC(C)=O)c(C)nc(-c2ccc(OC)cc2Cl)c1=O. The van der Waals surface area contributed by atoms with Crippen LogP contribution in [0.1, 0.15) is 36.7 Å². The Hall–Kier alpha value is -3.32. The van der Waals surface area contributed by atoms with Crippen molar-refractivity contribution in [3.63, 3.8) is 0 Å². The van der Waals surface area contributed by atoms with Crippen LogP contribution >= 0.6 is 11.6 Å². The molecule has 0 amide bonds. The third-order valence-corrected chi connectivity index (χ3v) is 6.19. The first-order chi connectivity index (χ1) is 15.8. The van der Waals surface area contributed by atoms with E-state index in [1.165, 1.54) is 6.92 Å². The van der Waals surface area contributed by atoms with Crippen molar-refractivity contribution in [1.82, 2.24) is 9.55 Å². The number of halogens is 1. The zero-order chi connectivity index (χ0) is 23.7. The third-order valence-electron chi connectivity index (χ3n) is 5.88. The molecule has 2 aromatic carbocycles. The minimum atomic E-state index is -0.379. The van der Waals surface area contributed by atoms with Gasteiger partial charge >= 0.3 is 5.97 Å². The van der Waals surface area contributed by atoms with Crippen molar-refractivity contribution in [2.24, 2.45) is 0 Å². The number of fused-ring (bicyclic) bond motifs is 1. The summed E-state index contributed by atoms with van der Waals surface area (Å²) < 4.78 is 12.5. The molecule has 1 aliphatic rings. The minimum Gasteiger partial charge on any atom is -0.497 e. The van der Waals surface area contributed by atoms with Crippen LogP contribution in [0.25, 0.3) is 11.3 Å². The maximum absolute atomic E-state index is 13.4. The van der Waals surface area contributed by atoms with Gasteiger partial charge in [0.1, 0.15) is 23.4 Å². The van der Waals surface area contributed by atoms with E-state index in [0.717, 1.165) is 11.1 Å². The Kier molecular flexibility index (Phi) is 6.42. The maximum Gasteiger partial charge on any atom is 0.302 e. The predicted octanol–water partition coefficient (Wildman–Crippen LogP) is 4.54. The Bertz CT molecular complexity index is 1270. The van der Waals surface area contributed by atoms with E-state index >= 15 is 0 Å². The molecule has 0 saturated heterocycles. The number of aromatic nitrogens is 2. The van der Waals surface area contributed by atoms with E-state index in [0.29, 0.717) is 40.8 Å². The zero-order valence-electron chi connectivity index (χ0n) is 19.0. The molecule has 172 valence electrons. The Balaban J connectivity index is 1.78. The molecule has 0 spiro atoms. The number of ether oxygens (including phenoxy) is 2. The Morgan fingerprint density at radius 3 is 2.70 bits per heavy atom. The largest absolute Gasteiger partial charge is 0.497 e. The van der Waals surface area contributed by atoms with Gasteiger partial charge in [0.15, 0.2) is 0 Å². The highest BCUT2D eigenvalue weighted by Gasteiger charge is 2.35. The van der Waals surface area contributed by atoms with Crippen LogP contribution in [0.2, 0.25) is 5.02 Å². The van der Waals surface area contributed by atoms with Crippen LogP contribution in [0.5, 0.6) is 5.75 Å². The molecular formula is C25H26ClN3O4. The summed E-state index contributed by atoms with van der Waals surface area (Å²) in [7, 11) is 1.56. The van der Waals surface area contributed by atoms with Crippen LogP contribution in [-0.4, -0.2) is 28.7 Å². The van der Waals surface area contributed by atoms with Gasteiger partial charge < -0.3 is 14.8 Å². The van der Waals surface area contributed by atoms with Gasteiger partial charge in [0.05, 0.1) is 23.9 Å². The highest BCUT2D eigenvalue weighted by Crippen LogP contribution is 2.37. The predicted molar refractivity (Wildman–Crippen MR) is 128 cm³/mol. The summed E-state index contributed by atoms with van der Waals surface area (Å²) in [6.45, 7) is 5.58. The van der Waals surface area contributed by atoms with Gasteiger partial charge in [-0.25, -0.2) is 4.98 Å². The molecule has 1 heterocycles. The molecule has 8 heteroatoms. The normalized spacial score (nSPS) is 16.9. The lowest BCUT2D eigenvalue weighted by atomic mass is 10.1. The maximum atomic E-state index is 13.4. The fourth-order valence-corrected chi connectivity index (χ4v) is 4.63. The molecule has 0 aliphatic heterocycles. The number of benzene rings is 2. The van der Waals surface area contributed by atoms with E-state index in [1.54, 1.807) is 29.9 Å². The summed E-state index contributed by atoms with van der Waals surface area (Å²) in [5.41, 5.74) is 3.36. The summed E-state index contributed by atoms with van der Waals surface area (Å²) in [6, 6.07) is 12.8. The molecule has 2 atom stereocenters. The van der Waals surface area contributed by atoms with Gasteiger partial charge in [0.25, 0.3) is 5.56 Å². The summed E-state index contributed by atoms with van der Waals surface area (Å²) in [5, 5.41) is 3.85. The average Bonchev–Trinajstić information content (AvgIpc) is 3.12. The number of methoxy groups -OCH3 is 1. The number of hydrogen-bond donors (Lipinski definition) is 1. The fourth-order valence-electron chi connectivity index (χ4n) is 4.37. The number of rotatable bonds is 6.